The van der Waals surface area contributed by atoms with E-state index in [-0.39, 0.29) is 17.7 Å². The Morgan fingerprint density at radius 2 is 1.93 bits per heavy atom. The van der Waals surface area contributed by atoms with Gasteiger partial charge in [0.1, 0.15) is 5.69 Å². The van der Waals surface area contributed by atoms with Crippen LogP contribution in [0.25, 0.3) is 22.6 Å². The minimum Gasteiger partial charge on any atom is -0.342 e. The Hall–Kier alpha value is -3.15. The lowest BCUT2D eigenvalue weighted by Crippen LogP contribution is -2.41. The predicted octanol–water partition coefficient (Wildman–Crippen LogP) is 3.96. The summed E-state index contributed by atoms with van der Waals surface area (Å²) in [7, 11) is 0. The molecule has 6 heteroatoms. The Balaban J connectivity index is 1.75. The Morgan fingerprint density at radius 1 is 1.10 bits per heavy atom. The maximum atomic E-state index is 12.6. The number of hydrogen-bond donors (Lipinski definition) is 0. The Bertz CT molecular complexity index is 975. The number of piperidine rings is 1. The minimum absolute atomic E-state index is 0.00268. The second-order valence-electron chi connectivity index (χ2n) is 7.72. The number of aromatic nitrogens is 4. The number of carbonyl (C=O) groups excluding carboxylic acids is 1. The lowest BCUT2D eigenvalue weighted by atomic mass is 9.89. The first-order chi connectivity index (χ1) is 14.1. The molecule has 1 saturated heterocycles. The molecule has 1 fully saturated rings. The quantitative estimate of drug-likeness (QED) is 0.677. The summed E-state index contributed by atoms with van der Waals surface area (Å²) in [4.78, 5) is 32.6. The highest BCUT2D eigenvalue weighted by Crippen LogP contribution is 2.34. The molecule has 0 unspecified atom stereocenters. The molecule has 1 aliphatic rings. The number of hydrogen-bond acceptors (Lipinski definition) is 5. The molecule has 0 bridgehead atoms. The average molecular weight is 387 g/mol. The van der Waals surface area contributed by atoms with E-state index in [0.29, 0.717) is 12.4 Å². The Morgan fingerprint density at radius 3 is 2.66 bits per heavy atom. The number of amides is 1. The Labute approximate surface area is 171 Å². The summed E-state index contributed by atoms with van der Waals surface area (Å²) >= 11 is 0. The van der Waals surface area contributed by atoms with Crippen LogP contribution in [0.2, 0.25) is 0 Å². The number of carbonyl (C=O) groups is 1. The molecule has 4 rings (SSSR count). The van der Waals surface area contributed by atoms with E-state index in [1.165, 1.54) is 0 Å². The van der Waals surface area contributed by atoms with E-state index in [1.807, 2.05) is 55.3 Å². The second kappa shape index (κ2) is 8.47. The fraction of sp³-hybridized carbons (Fsp3) is 0.348. The predicted molar refractivity (Wildman–Crippen MR) is 112 cm³/mol. The zero-order valence-corrected chi connectivity index (χ0v) is 16.8. The molecule has 1 atom stereocenters. The van der Waals surface area contributed by atoms with Crippen molar-refractivity contribution in [2.45, 2.75) is 32.6 Å². The summed E-state index contributed by atoms with van der Waals surface area (Å²) in [5.74, 6) is 0.993. The van der Waals surface area contributed by atoms with Crippen molar-refractivity contribution < 1.29 is 4.79 Å². The van der Waals surface area contributed by atoms with Crippen LogP contribution >= 0.6 is 0 Å². The SMILES string of the molecule is CC(C)C(=O)N1CCC[C@H](c2nc(-c3ccccn3)ncc2-c2ccncc2)C1. The smallest absolute Gasteiger partial charge is 0.225 e. The first-order valence-corrected chi connectivity index (χ1v) is 10.1. The van der Waals surface area contributed by atoms with Crippen LogP contribution in [0, 0.1) is 5.92 Å². The molecule has 0 N–H and O–H groups in total. The van der Waals surface area contributed by atoms with Gasteiger partial charge in [-0.05, 0) is 42.7 Å². The minimum atomic E-state index is 0.00268. The average Bonchev–Trinajstić information content (AvgIpc) is 2.79. The van der Waals surface area contributed by atoms with Crippen molar-refractivity contribution in [3.8, 4) is 22.6 Å². The van der Waals surface area contributed by atoms with Crippen molar-refractivity contribution in [3.63, 3.8) is 0 Å². The van der Waals surface area contributed by atoms with Crippen LogP contribution < -0.4 is 0 Å². The lowest BCUT2D eigenvalue weighted by molar-refractivity contribution is -0.135. The van der Waals surface area contributed by atoms with Gasteiger partial charge in [-0.25, -0.2) is 9.97 Å². The third kappa shape index (κ3) is 4.16. The molecule has 1 amide bonds. The van der Waals surface area contributed by atoms with Gasteiger partial charge in [-0.1, -0.05) is 19.9 Å². The molecule has 148 valence electrons. The zero-order chi connectivity index (χ0) is 20.2. The summed E-state index contributed by atoms with van der Waals surface area (Å²) in [5.41, 5.74) is 3.76. The molecule has 1 aliphatic heterocycles. The van der Waals surface area contributed by atoms with Crippen LogP contribution in [0.15, 0.2) is 55.1 Å². The lowest BCUT2D eigenvalue weighted by Gasteiger charge is -2.34. The highest BCUT2D eigenvalue weighted by Gasteiger charge is 2.29. The summed E-state index contributed by atoms with van der Waals surface area (Å²) < 4.78 is 0. The molecule has 3 aromatic rings. The Kier molecular flexibility index (Phi) is 5.60. The van der Waals surface area contributed by atoms with Crippen molar-refractivity contribution in [3.05, 3.63) is 60.8 Å². The number of likely N-dealkylation sites (tertiary alicyclic amines) is 1. The van der Waals surface area contributed by atoms with Gasteiger partial charge in [0.15, 0.2) is 5.82 Å². The van der Waals surface area contributed by atoms with Gasteiger partial charge < -0.3 is 4.90 Å². The van der Waals surface area contributed by atoms with Crippen molar-refractivity contribution in [2.24, 2.45) is 5.92 Å². The molecule has 6 nitrogen and oxygen atoms in total. The second-order valence-corrected chi connectivity index (χ2v) is 7.72. The monoisotopic (exact) mass is 387 g/mol. The van der Waals surface area contributed by atoms with Gasteiger partial charge in [0.05, 0.1) is 5.69 Å². The number of rotatable bonds is 4. The van der Waals surface area contributed by atoms with Gasteiger partial charge >= 0.3 is 0 Å². The molecule has 0 radical (unpaired) electrons. The third-order valence-electron chi connectivity index (χ3n) is 5.32. The van der Waals surface area contributed by atoms with E-state index in [2.05, 4.69) is 15.0 Å². The van der Waals surface area contributed by atoms with Crippen molar-refractivity contribution in [2.75, 3.05) is 13.1 Å². The fourth-order valence-electron chi connectivity index (χ4n) is 3.84. The van der Waals surface area contributed by atoms with E-state index in [9.17, 15) is 4.79 Å². The maximum absolute atomic E-state index is 12.6. The van der Waals surface area contributed by atoms with Gasteiger partial charge in [0.2, 0.25) is 5.91 Å². The van der Waals surface area contributed by atoms with Crippen LogP contribution in [-0.2, 0) is 4.79 Å². The number of nitrogens with zero attached hydrogens (tertiary/aromatic N) is 5. The molecular weight excluding hydrogens is 362 g/mol. The van der Waals surface area contributed by atoms with Gasteiger partial charge in [-0.2, -0.15) is 0 Å². The van der Waals surface area contributed by atoms with Gasteiger partial charge in [0, 0.05) is 55.3 Å². The zero-order valence-electron chi connectivity index (χ0n) is 16.8. The van der Waals surface area contributed by atoms with Gasteiger partial charge in [-0.15, -0.1) is 0 Å². The molecule has 0 aliphatic carbocycles. The summed E-state index contributed by atoms with van der Waals surface area (Å²) in [6.07, 6.45) is 9.16. The molecule has 0 aromatic carbocycles. The largest absolute Gasteiger partial charge is 0.342 e. The molecular formula is C23H25N5O. The first-order valence-electron chi connectivity index (χ1n) is 10.1. The normalized spacial score (nSPS) is 16.8. The van der Waals surface area contributed by atoms with Crippen LogP contribution in [0.1, 0.15) is 38.3 Å². The summed E-state index contributed by atoms with van der Waals surface area (Å²) in [5, 5.41) is 0. The molecule has 29 heavy (non-hydrogen) atoms. The first kappa shape index (κ1) is 19.2. The molecule has 4 heterocycles. The van der Waals surface area contributed by atoms with Crippen molar-refractivity contribution in [1.29, 1.82) is 0 Å². The van der Waals surface area contributed by atoms with E-state index in [0.717, 1.165) is 41.9 Å². The van der Waals surface area contributed by atoms with Gasteiger partial charge in [0.25, 0.3) is 0 Å². The fourth-order valence-corrected chi connectivity index (χ4v) is 3.84. The topological polar surface area (TPSA) is 71.9 Å². The molecule has 0 spiro atoms. The van der Waals surface area contributed by atoms with Crippen LogP contribution in [0.5, 0.6) is 0 Å². The molecule has 3 aromatic heterocycles. The highest BCUT2D eigenvalue weighted by atomic mass is 16.2. The maximum Gasteiger partial charge on any atom is 0.225 e. The van der Waals surface area contributed by atoms with Crippen molar-refractivity contribution in [1.82, 2.24) is 24.8 Å². The van der Waals surface area contributed by atoms with Crippen LogP contribution in [-0.4, -0.2) is 43.8 Å². The van der Waals surface area contributed by atoms with Crippen LogP contribution in [0.4, 0.5) is 0 Å². The van der Waals surface area contributed by atoms with E-state index in [1.54, 1.807) is 18.6 Å². The third-order valence-corrected chi connectivity index (χ3v) is 5.32. The summed E-state index contributed by atoms with van der Waals surface area (Å²) in [6, 6.07) is 9.68. The number of pyridine rings is 2. The molecule has 0 saturated carbocycles. The standard InChI is InChI=1S/C23H25N5O/c1-16(2)23(29)28-13-5-6-18(15-28)21-19(17-8-11-24-12-9-17)14-26-22(27-21)20-7-3-4-10-25-20/h3-4,7-12,14,16,18H,5-6,13,15H2,1-2H3/t18-/m0/s1. The van der Waals surface area contributed by atoms with Gasteiger partial charge in [-0.3, -0.25) is 14.8 Å². The highest BCUT2D eigenvalue weighted by molar-refractivity contribution is 5.78. The summed E-state index contributed by atoms with van der Waals surface area (Å²) in [6.45, 7) is 5.42. The van der Waals surface area contributed by atoms with Crippen molar-refractivity contribution >= 4 is 5.91 Å². The van der Waals surface area contributed by atoms with E-state index >= 15 is 0 Å². The van der Waals surface area contributed by atoms with E-state index < -0.39 is 0 Å². The van der Waals surface area contributed by atoms with E-state index in [4.69, 9.17) is 4.98 Å². The van der Waals surface area contributed by atoms with Crippen LogP contribution in [0.3, 0.4) is 0 Å².